The van der Waals surface area contributed by atoms with Gasteiger partial charge in [-0.3, -0.25) is 4.79 Å². The zero-order valence-corrected chi connectivity index (χ0v) is 13.4. The van der Waals surface area contributed by atoms with Crippen LogP contribution in [0.2, 0.25) is 0 Å². The molecule has 0 unspecified atom stereocenters. The van der Waals surface area contributed by atoms with Crippen LogP contribution in [0.3, 0.4) is 0 Å². The van der Waals surface area contributed by atoms with Crippen LogP contribution < -0.4 is 10.1 Å². The summed E-state index contributed by atoms with van der Waals surface area (Å²) in [7, 11) is 0. The van der Waals surface area contributed by atoms with E-state index in [2.05, 4.69) is 33.9 Å². The Labute approximate surface area is 131 Å². The number of carbonyl (C=O) groups excluding carboxylic acids is 1. The second-order valence-corrected chi connectivity index (χ2v) is 5.42. The molecule has 2 aromatic carbocycles. The summed E-state index contributed by atoms with van der Waals surface area (Å²) in [6.45, 7) is 2.45. The smallest absolute Gasteiger partial charge is 0.256 e. The fourth-order valence-corrected chi connectivity index (χ4v) is 2.36. The number of ether oxygens (including phenoxy) is 1. The van der Waals surface area contributed by atoms with Gasteiger partial charge < -0.3 is 10.1 Å². The summed E-state index contributed by atoms with van der Waals surface area (Å²) < 4.78 is 6.21. The van der Waals surface area contributed by atoms with Gasteiger partial charge in [-0.25, -0.2) is 0 Å². The summed E-state index contributed by atoms with van der Waals surface area (Å²) in [5.74, 6) is 0.446. The van der Waals surface area contributed by atoms with Gasteiger partial charge in [0.2, 0.25) is 0 Å². The molecule has 0 aromatic heterocycles. The van der Waals surface area contributed by atoms with Crippen molar-refractivity contribution in [2.75, 3.05) is 11.9 Å². The number of hydrogen-bond donors (Lipinski definition) is 2. The average molecular weight is 352 g/mol. The summed E-state index contributed by atoms with van der Waals surface area (Å²) in [5.41, 5.74) is 1.18. The Morgan fingerprint density at radius 2 is 2.05 bits per heavy atom. The Bertz CT molecular complexity index is 631. The van der Waals surface area contributed by atoms with E-state index in [0.29, 0.717) is 23.6 Å². The number of halogens is 1. The van der Waals surface area contributed by atoms with Gasteiger partial charge in [0.25, 0.3) is 5.91 Å². The van der Waals surface area contributed by atoms with E-state index in [9.17, 15) is 4.79 Å². The van der Waals surface area contributed by atoms with Crippen LogP contribution in [0.5, 0.6) is 5.75 Å². The zero-order chi connectivity index (χ0) is 14.5. The summed E-state index contributed by atoms with van der Waals surface area (Å²) >= 11 is 7.62. The van der Waals surface area contributed by atoms with E-state index in [4.69, 9.17) is 4.74 Å². The molecule has 0 radical (unpaired) electrons. The number of para-hydroxylation sites is 2. The van der Waals surface area contributed by atoms with Crippen LogP contribution >= 0.6 is 28.6 Å². The minimum atomic E-state index is -0.208. The number of carbonyl (C=O) groups is 1. The molecule has 0 saturated heterocycles. The van der Waals surface area contributed by atoms with E-state index >= 15 is 0 Å². The molecule has 0 atom stereocenters. The second-order valence-electron chi connectivity index (χ2n) is 4.05. The van der Waals surface area contributed by atoms with Crippen molar-refractivity contribution in [1.82, 2.24) is 0 Å². The average Bonchev–Trinajstić information content (AvgIpc) is 2.44. The van der Waals surface area contributed by atoms with Gasteiger partial charge in [-0.05, 0) is 53.2 Å². The standard InChI is InChI=1S/C15H14BrNO2S/c1-2-19-14-6-4-3-5-13(14)17-15(18)11-9-10(20)7-8-12(11)16/h3-9,20H,2H2,1H3,(H,17,18). The normalized spacial score (nSPS) is 10.2. The summed E-state index contributed by atoms with van der Waals surface area (Å²) in [5, 5.41) is 2.85. The molecule has 3 nitrogen and oxygen atoms in total. The zero-order valence-electron chi connectivity index (χ0n) is 10.9. The van der Waals surface area contributed by atoms with Gasteiger partial charge in [0.15, 0.2) is 0 Å². The molecule has 0 heterocycles. The Morgan fingerprint density at radius 1 is 1.30 bits per heavy atom. The molecule has 2 rings (SSSR count). The monoisotopic (exact) mass is 351 g/mol. The van der Waals surface area contributed by atoms with E-state index in [-0.39, 0.29) is 5.91 Å². The molecule has 5 heteroatoms. The van der Waals surface area contributed by atoms with Crippen LogP contribution in [-0.2, 0) is 0 Å². The molecule has 0 spiro atoms. The lowest BCUT2D eigenvalue weighted by Crippen LogP contribution is -2.13. The lowest BCUT2D eigenvalue weighted by Gasteiger charge is -2.12. The highest BCUT2D eigenvalue weighted by Crippen LogP contribution is 2.26. The number of rotatable bonds is 4. The molecular weight excluding hydrogens is 338 g/mol. The molecule has 20 heavy (non-hydrogen) atoms. The van der Waals surface area contributed by atoms with Gasteiger partial charge in [-0.2, -0.15) is 0 Å². The minimum Gasteiger partial charge on any atom is -0.492 e. The number of anilines is 1. The third kappa shape index (κ3) is 3.55. The third-order valence-corrected chi connectivity index (χ3v) is 3.60. The lowest BCUT2D eigenvalue weighted by molar-refractivity contribution is 0.102. The summed E-state index contributed by atoms with van der Waals surface area (Å²) in [4.78, 5) is 13.0. The highest BCUT2D eigenvalue weighted by molar-refractivity contribution is 9.10. The van der Waals surface area contributed by atoms with E-state index in [1.807, 2.05) is 31.2 Å². The fourth-order valence-electron chi connectivity index (χ4n) is 1.73. The van der Waals surface area contributed by atoms with E-state index in [1.165, 1.54) is 0 Å². The number of benzene rings is 2. The van der Waals surface area contributed by atoms with Crippen molar-refractivity contribution in [2.24, 2.45) is 0 Å². The molecule has 0 saturated carbocycles. The first-order valence-electron chi connectivity index (χ1n) is 6.13. The van der Waals surface area contributed by atoms with E-state index in [1.54, 1.807) is 18.2 Å². The van der Waals surface area contributed by atoms with Crippen molar-refractivity contribution in [3.8, 4) is 5.75 Å². The van der Waals surface area contributed by atoms with Gasteiger partial charge >= 0.3 is 0 Å². The quantitative estimate of drug-likeness (QED) is 0.801. The van der Waals surface area contributed by atoms with Crippen LogP contribution in [0.4, 0.5) is 5.69 Å². The summed E-state index contributed by atoms with van der Waals surface area (Å²) in [6.07, 6.45) is 0. The predicted octanol–water partition coefficient (Wildman–Crippen LogP) is 4.39. The maximum Gasteiger partial charge on any atom is 0.256 e. The molecule has 104 valence electrons. The second kappa shape index (κ2) is 6.81. The molecule has 0 bridgehead atoms. The van der Waals surface area contributed by atoms with Crippen molar-refractivity contribution >= 4 is 40.2 Å². The SMILES string of the molecule is CCOc1ccccc1NC(=O)c1cc(S)ccc1Br. The topological polar surface area (TPSA) is 38.3 Å². The predicted molar refractivity (Wildman–Crippen MR) is 87.0 cm³/mol. The molecule has 1 N–H and O–H groups in total. The highest BCUT2D eigenvalue weighted by atomic mass is 79.9. The molecule has 1 amide bonds. The molecular formula is C15H14BrNO2S. The molecule has 0 aliphatic carbocycles. The first kappa shape index (κ1) is 14.9. The third-order valence-electron chi connectivity index (χ3n) is 2.63. The van der Waals surface area contributed by atoms with Crippen molar-refractivity contribution < 1.29 is 9.53 Å². The number of amides is 1. The lowest BCUT2D eigenvalue weighted by atomic mass is 10.2. The largest absolute Gasteiger partial charge is 0.492 e. The molecule has 0 fully saturated rings. The Balaban J connectivity index is 2.26. The summed E-state index contributed by atoms with van der Waals surface area (Å²) in [6, 6.07) is 12.7. The van der Waals surface area contributed by atoms with Crippen LogP contribution in [0, 0.1) is 0 Å². The first-order chi connectivity index (χ1) is 9.61. The maximum atomic E-state index is 12.3. The first-order valence-corrected chi connectivity index (χ1v) is 7.37. The Kier molecular flexibility index (Phi) is 5.09. The van der Waals surface area contributed by atoms with Crippen molar-refractivity contribution in [2.45, 2.75) is 11.8 Å². The molecule has 0 aliphatic rings. The van der Waals surface area contributed by atoms with Crippen molar-refractivity contribution in [3.63, 3.8) is 0 Å². The molecule has 2 aromatic rings. The van der Waals surface area contributed by atoms with Gasteiger partial charge in [0.1, 0.15) is 5.75 Å². The van der Waals surface area contributed by atoms with Gasteiger partial charge in [0, 0.05) is 9.37 Å². The van der Waals surface area contributed by atoms with Crippen LogP contribution in [0.1, 0.15) is 17.3 Å². The van der Waals surface area contributed by atoms with Crippen molar-refractivity contribution in [1.29, 1.82) is 0 Å². The van der Waals surface area contributed by atoms with Gasteiger partial charge in [-0.15, -0.1) is 12.6 Å². The maximum absolute atomic E-state index is 12.3. The Hall–Kier alpha value is -1.46. The number of hydrogen-bond acceptors (Lipinski definition) is 3. The number of thiol groups is 1. The van der Waals surface area contributed by atoms with Crippen LogP contribution in [0.25, 0.3) is 0 Å². The highest BCUT2D eigenvalue weighted by Gasteiger charge is 2.12. The molecule has 0 aliphatic heterocycles. The number of nitrogens with one attached hydrogen (secondary N) is 1. The van der Waals surface area contributed by atoms with Crippen LogP contribution in [-0.4, -0.2) is 12.5 Å². The minimum absolute atomic E-state index is 0.208. The van der Waals surface area contributed by atoms with E-state index < -0.39 is 0 Å². The van der Waals surface area contributed by atoms with Gasteiger partial charge in [-0.1, -0.05) is 12.1 Å². The van der Waals surface area contributed by atoms with Crippen molar-refractivity contribution in [3.05, 3.63) is 52.5 Å². The fraction of sp³-hybridized carbons (Fsp3) is 0.133. The van der Waals surface area contributed by atoms with Gasteiger partial charge in [0.05, 0.1) is 17.9 Å². The van der Waals surface area contributed by atoms with E-state index in [0.717, 1.165) is 9.37 Å². The Morgan fingerprint density at radius 3 is 2.80 bits per heavy atom. The van der Waals surface area contributed by atoms with Crippen LogP contribution in [0.15, 0.2) is 51.8 Å².